The van der Waals surface area contributed by atoms with Gasteiger partial charge in [-0.15, -0.1) is 0 Å². The second kappa shape index (κ2) is 5.29. The van der Waals surface area contributed by atoms with Crippen LogP contribution in [0.3, 0.4) is 0 Å². The Kier molecular flexibility index (Phi) is 3.73. The first kappa shape index (κ1) is 13.4. The summed E-state index contributed by atoms with van der Waals surface area (Å²) in [6.07, 6.45) is 5.24. The zero-order valence-electron chi connectivity index (χ0n) is 10.9. The van der Waals surface area contributed by atoms with E-state index < -0.39 is 17.2 Å². The number of hydrogen-bond donors (Lipinski definition) is 3. The van der Waals surface area contributed by atoms with Crippen LogP contribution in [-0.2, 0) is 0 Å². The van der Waals surface area contributed by atoms with E-state index >= 15 is 0 Å². The lowest BCUT2D eigenvalue weighted by Crippen LogP contribution is -2.41. The molecule has 7 nitrogen and oxygen atoms in total. The highest BCUT2D eigenvalue weighted by Gasteiger charge is 2.25. The monoisotopic (exact) mass is 266 g/mol. The van der Waals surface area contributed by atoms with E-state index in [0.717, 1.165) is 25.7 Å². The van der Waals surface area contributed by atoms with E-state index in [0.29, 0.717) is 0 Å². The van der Waals surface area contributed by atoms with Crippen LogP contribution in [0.15, 0.2) is 9.59 Å². The molecule has 1 aliphatic carbocycles. The van der Waals surface area contributed by atoms with Crippen molar-refractivity contribution in [3.05, 3.63) is 26.5 Å². The minimum Gasteiger partial charge on any atom is -0.392 e. The van der Waals surface area contributed by atoms with Gasteiger partial charge in [0.05, 0.1) is 0 Å². The number of amides is 1. The number of nitrogens with zero attached hydrogens (tertiary/aromatic N) is 1. The number of anilines is 1. The van der Waals surface area contributed by atoms with Gasteiger partial charge in [-0.2, -0.15) is 0 Å². The Bertz CT molecular complexity index is 583. The molecular formula is C12H18N4O3. The van der Waals surface area contributed by atoms with Gasteiger partial charge >= 0.3 is 5.69 Å². The standard InChI is InChI=1S/C12H18N4O3/c1-16(7-5-3-2-4-6-7)11(18)9-8(13)10(17)15-12(19)14-9/h7H,2-6,13H2,1H3,(H2,14,15,17,19). The number of carbonyl (C=O) groups excluding carboxylic acids is 1. The topological polar surface area (TPSA) is 112 Å². The van der Waals surface area contributed by atoms with Crippen molar-refractivity contribution in [2.45, 2.75) is 38.1 Å². The van der Waals surface area contributed by atoms with Gasteiger partial charge in [0, 0.05) is 13.1 Å². The molecule has 19 heavy (non-hydrogen) atoms. The third kappa shape index (κ3) is 2.69. The number of nitrogen functional groups attached to an aromatic ring is 1. The van der Waals surface area contributed by atoms with Crippen molar-refractivity contribution in [3.8, 4) is 0 Å². The number of carbonyl (C=O) groups is 1. The van der Waals surface area contributed by atoms with E-state index in [1.165, 1.54) is 6.42 Å². The number of hydrogen-bond acceptors (Lipinski definition) is 4. The lowest BCUT2D eigenvalue weighted by Gasteiger charge is -2.31. The first-order chi connectivity index (χ1) is 9.00. The number of H-pyrrole nitrogens is 2. The predicted molar refractivity (Wildman–Crippen MR) is 71.1 cm³/mol. The lowest BCUT2D eigenvalue weighted by atomic mass is 9.94. The van der Waals surface area contributed by atoms with Crippen molar-refractivity contribution in [2.24, 2.45) is 0 Å². The predicted octanol–water partition coefficient (Wildman–Crippen LogP) is 0.0501. The van der Waals surface area contributed by atoms with Crippen molar-refractivity contribution in [2.75, 3.05) is 12.8 Å². The van der Waals surface area contributed by atoms with E-state index in [9.17, 15) is 14.4 Å². The van der Waals surface area contributed by atoms with Gasteiger partial charge in [-0.25, -0.2) is 4.79 Å². The molecule has 1 aliphatic rings. The Morgan fingerprint density at radius 1 is 1.21 bits per heavy atom. The van der Waals surface area contributed by atoms with Gasteiger partial charge < -0.3 is 15.6 Å². The van der Waals surface area contributed by atoms with Gasteiger partial charge in [-0.05, 0) is 12.8 Å². The van der Waals surface area contributed by atoms with Crippen molar-refractivity contribution >= 4 is 11.6 Å². The molecule has 1 fully saturated rings. The van der Waals surface area contributed by atoms with Crippen molar-refractivity contribution in [3.63, 3.8) is 0 Å². The second-order valence-corrected chi connectivity index (χ2v) is 4.90. The third-order valence-electron chi connectivity index (χ3n) is 3.64. The zero-order valence-corrected chi connectivity index (χ0v) is 10.9. The molecule has 0 aromatic carbocycles. The summed E-state index contributed by atoms with van der Waals surface area (Å²) in [5.74, 6) is -0.410. The maximum Gasteiger partial charge on any atom is 0.326 e. The lowest BCUT2D eigenvalue weighted by molar-refractivity contribution is 0.0691. The van der Waals surface area contributed by atoms with Crippen LogP contribution in [0.25, 0.3) is 0 Å². The van der Waals surface area contributed by atoms with Gasteiger partial charge in [0.2, 0.25) is 0 Å². The molecule has 0 radical (unpaired) electrons. The molecule has 1 aromatic heterocycles. The molecule has 0 bridgehead atoms. The summed E-state index contributed by atoms with van der Waals surface area (Å²) in [6, 6.07) is 0.142. The van der Waals surface area contributed by atoms with Crippen LogP contribution < -0.4 is 17.0 Å². The molecule has 2 rings (SSSR count). The van der Waals surface area contributed by atoms with Gasteiger partial charge in [0.1, 0.15) is 11.4 Å². The molecule has 1 heterocycles. The molecule has 1 aromatic rings. The van der Waals surface area contributed by atoms with Crippen LogP contribution in [-0.4, -0.2) is 33.9 Å². The van der Waals surface area contributed by atoms with Gasteiger partial charge in [-0.1, -0.05) is 19.3 Å². The molecule has 104 valence electrons. The first-order valence-electron chi connectivity index (χ1n) is 6.40. The van der Waals surface area contributed by atoms with Gasteiger partial charge in [-0.3, -0.25) is 14.6 Å². The van der Waals surface area contributed by atoms with Crippen LogP contribution in [0.4, 0.5) is 5.69 Å². The van der Waals surface area contributed by atoms with Crippen molar-refractivity contribution in [1.29, 1.82) is 0 Å². The summed E-state index contributed by atoms with van der Waals surface area (Å²) >= 11 is 0. The van der Waals surface area contributed by atoms with E-state index in [-0.39, 0.29) is 17.4 Å². The van der Waals surface area contributed by atoms with Crippen LogP contribution >= 0.6 is 0 Å². The molecule has 7 heteroatoms. The Balaban J connectivity index is 2.28. The van der Waals surface area contributed by atoms with Crippen molar-refractivity contribution in [1.82, 2.24) is 14.9 Å². The maximum absolute atomic E-state index is 12.3. The van der Waals surface area contributed by atoms with Gasteiger partial charge in [0.15, 0.2) is 0 Å². The molecule has 1 saturated carbocycles. The average molecular weight is 266 g/mol. The summed E-state index contributed by atoms with van der Waals surface area (Å²) in [5, 5.41) is 0. The fourth-order valence-corrected chi connectivity index (χ4v) is 2.48. The number of rotatable bonds is 2. The SMILES string of the molecule is CN(C(=O)c1[nH]c(=O)[nH]c(=O)c1N)C1CCCCC1. The summed E-state index contributed by atoms with van der Waals surface area (Å²) in [6.45, 7) is 0. The first-order valence-corrected chi connectivity index (χ1v) is 6.40. The number of aromatic amines is 2. The normalized spacial score (nSPS) is 16.3. The maximum atomic E-state index is 12.3. The number of nitrogens with one attached hydrogen (secondary N) is 2. The molecule has 0 atom stereocenters. The fraction of sp³-hybridized carbons (Fsp3) is 0.583. The summed E-state index contributed by atoms with van der Waals surface area (Å²) in [7, 11) is 1.68. The van der Waals surface area contributed by atoms with E-state index in [1.54, 1.807) is 11.9 Å². The Labute approximate surface area is 109 Å². The molecule has 0 saturated heterocycles. The van der Waals surface area contributed by atoms with Crippen LogP contribution in [0.1, 0.15) is 42.6 Å². The number of nitrogens with two attached hydrogens (primary N) is 1. The number of aromatic nitrogens is 2. The minimum absolute atomic E-state index is 0.123. The molecule has 0 spiro atoms. The highest BCUT2D eigenvalue weighted by atomic mass is 16.2. The summed E-state index contributed by atoms with van der Waals surface area (Å²) in [4.78, 5) is 40.8. The van der Waals surface area contributed by atoms with Crippen LogP contribution in [0.2, 0.25) is 0 Å². The molecule has 4 N–H and O–H groups in total. The van der Waals surface area contributed by atoms with Gasteiger partial charge in [0.25, 0.3) is 11.5 Å². The smallest absolute Gasteiger partial charge is 0.326 e. The molecular weight excluding hydrogens is 248 g/mol. The zero-order chi connectivity index (χ0) is 14.0. The van der Waals surface area contributed by atoms with Crippen molar-refractivity contribution < 1.29 is 4.79 Å². The minimum atomic E-state index is -0.732. The van der Waals surface area contributed by atoms with E-state index in [4.69, 9.17) is 5.73 Å². The molecule has 0 unspecified atom stereocenters. The molecule has 1 amide bonds. The Morgan fingerprint density at radius 3 is 2.47 bits per heavy atom. The third-order valence-corrected chi connectivity index (χ3v) is 3.64. The van der Waals surface area contributed by atoms with Crippen LogP contribution in [0, 0.1) is 0 Å². The Hall–Kier alpha value is -2.05. The van der Waals surface area contributed by atoms with E-state index in [2.05, 4.69) is 4.98 Å². The highest BCUT2D eigenvalue weighted by Crippen LogP contribution is 2.22. The fourth-order valence-electron chi connectivity index (χ4n) is 2.48. The largest absolute Gasteiger partial charge is 0.392 e. The Morgan fingerprint density at radius 2 is 1.84 bits per heavy atom. The van der Waals surface area contributed by atoms with E-state index in [1.807, 2.05) is 4.98 Å². The summed E-state index contributed by atoms with van der Waals surface area (Å²) < 4.78 is 0. The summed E-state index contributed by atoms with van der Waals surface area (Å²) in [5.41, 5.74) is 3.74. The second-order valence-electron chi connectivity index (χ2n) is 4.90. The quantitative estimate of drug-likeness (QED) is 0.702. The highest BCUT2D eigenvalue weighted by molar-refractivity contribution is 5.96. The molecule has 0 aliphatic heterocycles. The average Bonchev–Trinajstić information content (AvgIpc) is 2.42. The van der Waals surface area contributed by atoms with Crippen LogP contribution in [0.5, 0.6) is 0 Å².